The average molecular weight is 1220 g/mol. The fraction of sp³-hybridized carbons (Fsp3) is 0.467. The van der Waals surface area contributed by atoms with Gasteiger partial charge in [0.15, 0.2) is 10.8 Å². The number of carbonyl (C=O) groups excluding carboxylic acids is 4. The highest BCUT2D eigenvalue weighted by Crippen LogP contribution is 2.43. The van der Waals surface area contributed by atoms with Gasteiger partial charge in [0.25, 0.3) is 22.8 Å². The Bertz CT molecular complexity index is 2900. The molecule has 82 heavy (non-hydrogen) atoms. The van der Waals surface area contributed by atoms with E-state index < -0.39 is 68.8 Å². The predicted octanol–water partition coefficient (Wildman–Crippen LogP) is 10.3. The molecule has 5 aromatic rings. The number of fused-ring (bicyclic) bond motifs is 1. The number of aliphatic carboxylic acids is 1. The second-order valence-corrected chi connectivity index (χ2v) is 26.3. The molecule has 4 heterocycles. The van der Waals surface area contributed by atoms with Crippen LogP contribution in [0.25, 0.3) is 0 Å². The molecule has 17 nitrogen and oxygen atoms in total. The molecule has 22 heteroatoms. The third-order valence-corrected chi connectivity index (χ3v) is 19.0. The summed E-state index contributed by atoms with van der Waals surface area (Å²) in [5.74, 6) is -4.89. The number of aromatic carboxylic acids is 1. The molecule has 0 aliphatic carbocycles. The minimum Gasteiger partial charge on any atom is -0.545 e. The molecule has 442 valence electrons. The number of anilines is 1. The lowest BCUT2D eigenvalue weighted by molar-refractivity contribution is -0.929. The summed E-state index contributed by atoms with van der Waals surface area (Å²) in [6.45, 7) is 22.0. The summed E-state index contributed by atoms with van der Waals surface area (Å²) >= 11 is 5.19. The van der Waals surface area contributed by atoms with Gasteiger partial charge in [-0.25, -0.2) is 14.6 Å². The van der Waals surface area contributed by atoms with Crippen molar-refractivity contribution in [1.82, 2.24) is 19.6 Å². The molecule has 3 aromatic carbocycles. The number of unbranched alkanes of at least 4 members (excludes halogenated alkanes) is 4. The summed E-state index contributed by atoms with van der Waals surface area (Å²) in [4.78, 5) is 89.4. The molecule has 0 saturated carbocycles. The molecule has 2 amide bonds. The number of carbonyl (C=O) groups is 5. The Labute approximate surface area is 502 Å². The number of rotatable bonds is 30. The van der Waals surface area contributed by atoms with Crippen LogP contribution in [-0.2, 0) is 34.3 Å². The quantitative estimate of drug-likeness (QED) is 0.00489. The van der Waals surface area contributed by atoms with Gasteiger partial charge in [-0.3, -0.25) is 23.7 Å². The summed E-state index contributed by atoms with van der Waals surface area (Å²) in [6.07, 6.45) is 11.1. The van der Waals surface area contributed by atoms with Gasteiger partial charge in [-0.1, -0.05) is 168 Å². The third-order valence-electron chi connectivity index (χ3n) is 13.8. The van der Waals surface area contributed by atoms with Gasteiger partial charge in [0, 0.05) is 16.9 Å². The number of carboxylic acid groups (broad SMARTS) is 2. The van der Waals surface area contributed by atoms with Crippen molar-refractivity contribution in [3.8, 4) is 0 Å². The number of nitrogens with one attached hydrogen (secondary N) is 3. The highest BCUT2D eigenvalue weighted by atomic mass is 32.2. The highest BCUT2D eigenvalue weighted by Gasteiger charge is 2.54. The van der Waals surface area contributed by atoms with E-state index in [0.717, 1.165) is 56.6 Å². The third kappa shape index (κ3) is 16.7. The SMILES string of the molecule is CCCC[N+](CCCC)(CCCC)CCCC.CCSC(O/N=C(\C(=O)NC1C(=O)N2C(C(=O)O)=C(CSc3s[nH]c(=O)c3C(=O)[O-])CSC12)c1csc(NC(c2ccccc2)(c2ccccc2)c2ccccc2)n1)C(=O)OC(C)(C)C. The van der Waals surface area contributed by atoms with E-state index in [2.05, 4.69) is 47.9 Å². The van der Waals surface area contributed by atoms with Crippen molar-refractivity contribution >= 4 is 98.7 Å². The number of carboxylic acids is 2. The van der Waals surface area contributed by atoms with Gasteiger partial charge in [0.2, 0.25) is 0 Å². The monoisotopic (exact) mass is 1220 g/mol. The number of thiazole rings is 1. The number of oxime groups is 1. The van der Waals surface area contributed by atoms with Crippen LogP contribution in [0.15, 0.2) is 122 Å². The van der Waals surface area contributed by atoms with E-state index in [4.69, 9.17) is 14.6 Å². The van der Waals surface area contributed by atoms with Crippen LogP contribution in [0.3, 0.4) is 0 Å². The van der Waals surface area contributed by atoms with Crippen LogP contribution in [0.4, 0.5) is 5.13 Å². The number of esters is 1. The lowest BCUT2D eigenvalue weighted by atomic mass is 9.77. The van der Waals surface area contributed by atoms with Gasteiger partial charge in [-0.15, -0.1) is 46.6 Å². The molecule has 4 N–H and O–H groups in total. The molecular formula is C60H77N7O10S5. The Morgan fingerprint density at radius 3 is 1.83 bits per heavy atom. The number of H-pyrrole nitrogens is 1. The number of quaternary nitrogens is 1. The van der Waals surface area contributed by atoms with Crippen LogP contribution < -0.4 is 21.3 Å². The lowest BCUT2D eigenvalue weighted by Crippen LogP contribution is -2.71. The number of hydrogen-bond donors (Lipinski definition) is 4. The van der Waals surface area contributed by atoms with E-state index in [9.17, 15) is 39.0 Å². The van der Waals surface area contributed by atoms with E-state index >= 15 is 0 Å². The van der Waals surface area contributed by atoms with Crippen molar-refractivity contribution in [3.63, 3.8) is 0 Å². The molecule has 1 saturated heterocycles. The van der Waals surface area contributed by atoms with Crippen LogP contribution in [0.5, 0.6) is 0 Å². The fourth-order valence-corrected chi connectivity index (χ4v) is 14.5. The van der Waals surface area contributed by atoms with Crippen LogP contribution in [0, 0.1) is 0 Å². The largest absolute Gasteiger partial charge is 0.545 e. The normalized spacial score (nSPS) is 15.8. The van der Waals surface area contributed by atoms with Gasteiger partial charge in [0.05, 0.1) is 41.9 Å². The van der Waals surface area contributed by atoms with Gasteiger partial charge in [0.1, 0.15) is 33.9 Å². The molecule has 2 aliphatic heterocycles. The number of aromatic amines is 1. The zero-order valence-electron chi connectivity index (χ0n) is 48.0. The molecule has 3 atom stereocenters. The van der Waals surface area contributed by atoms with Crippen LogP contribution in [0.2, 0.25) is 0 Å². The van der Waals surface area contributed by atoms with Crippen molar-refractivity contribution in [3.05, 3.63) is 146 Å². The number of aromatic nitrogens is 2. The standard InChI is InChI=1S/C44H42N6O10S5.C16H36N/c1-5-61-40(39(58)59-43(2,3)4)60-48-30(28-23-64-42(45-28)47-44(25-15-9-6-10-16-25,26-17-11-7-12-18-26)27-19-13-8-14-20-27)34(52)46-31-35(53)50-32(38(56)57)24(21-62-36(31)50)22-63-41-29(37(54)55)33(51)49-65-41;1-5-9-13-17(14-10-6-2,15-11-7-3)16-12-8-4/h6-20,23,31,36,40H,5,21-22H2,1-4H3,(H,45,47)(H,46,52)(H,49,51)(H,54,55)(H,56,57);5-16H2,1-4H3/q;+1/p-1/b48-30-;. The maximum absolute atomic E-state index is 14.4. The number of thioether (sulfide) groups is 3. The Morgan fingerprint density at radius 2 is 1.37 bits per heavy atom. The molecule has 0 radical (unpaired) electrons. The van der Waals surface area contributed by atoms with Crippen molar-refractivity contribution in [1.29, 1.82) is 0 Å². The van der Waals surface area contributed by atoms with E-state index in [-0.39, 0.29) is 32.8 Å². The zero-order chi connectivity index (χ0) is 59.5. The Hall–Kier alpha value is -5.91. The number of hydrogen-bond acceptors (Lipinski definition) is 17. The first-order valence-electron chi connectivity index (χ1n) is 28.0. The molecule has 2 aromatic heterocycles. The topological polar surface area (TPSA) is 233 Å². The maximum atomic E-state index is 14.4. The fourth-order valence-electron chi connectivity index (χ4n) is 9.70. The minimum atomic E-state index is -1.67. The minimum absolute atomic E-state index is 0.0424. The van der Waals surface area contributed by atoms with E-state index in [1.165, 1.54) is 105 Å². The van der Waals surface area contributed by atoms with Gasteiger partial charge in [-0.05, 0) is 74.5 Å². The molecule has 3 unspecified atom stereocenters. The maximum Gasteiger partial charge on any atom is 0.361 e. The first-order valence-corrected chi connectivity index (χ1v) is 32.8. The zero-order valence-corrected chi connectivity index (χ0v) is 52.1. The highest BCUT2D eigenvalue weighted by molar-refractivity contribution is 8.02. The molecule has 0 bridgehead atoms. The first kappa shape index (κ1) is 65.2. The average Bonchev–Trinajstić information content (AvgIpc) is 2.64. The molecule has 7 rings (SSSR count). The predicted molar refractivity (Wildman–Crippen MR) is 329 cm³/mol. The smallest absolute Gasteiger partial charge is 0.361 e. The van der Waals surface area contributed by atoms with Gasteiger partial charge >= 0.3 is 11.9 Å². The first-order chi connectivity index (χ1) is 39.4. The lowest BCUT2D eigenvalue weighted by Gasteiger charge is -2.49. The summed E-state index contributed by atoms with van der Waals surface area (Å²) in [5, 5.41) is 33.6. The van der Waals surface area contributed by atoms with Crippen molar-refractivity contribution in [2.75, 3.05) is 48.8 Å². The Kier molecular flexibility index (Phi) is 24.8. The molecule has 1 fully saturated rings. The second kappa shape index (κ2) is 31.1. The van der Waals surface area contributed by atoms with Crippen LogP contribution >= 0.6 is 58.2 Å². The number of β-lactam (4-membered cyclic amide) rings is 1. The van der Waals surface area contributed by atoms with Crippen molar-refractivity contribution in [2.24, 2.45) is 5.16 Å². The molecule has 0 spiro atoms. The van der Waals surface area contributed by atoms with E-state index in [1.807, 2.05) is 97.9 Å². The van der Waals surface area contributed by atoms with E-state index in [0.29, 0.717) is 16.5 Å². The Morgan fingerprint density at radius 1 is 0.841 bits per heavy atom. The van der Waals surface area contributed by atoms with Gasteiger partial charge < -0.3 is 39.7 Å². The Balaban J connectivity index is 0.000000550. The van der Waals surface area contributed by atoms with Crippen molar-refractivity contribution in [2.45, 2.75) is 139 Å². The van der Waals surface area contributed by atoms with Gasteiger partial charge in [-0.2, -0.15) is 0 Å². The summed E-state index contributed by atoms with van der Waals surface area (Å²) in [5.41, 5.74) is -2.09. The summed E-state index contributed by atoms with van der Waals surface area (Å²) in [6, 6.07) is 28.3. The second-order valence-electron chi connectivity index (χ2n) is 20.9. The van der Waals surface area contributed by atoms with Crippen LogP contribution in [0.1, 0.15) is 139 Å². The van der Waals surface area contributed by atoms with E-state index in [1.54, 1.807) is 26.2 Å². The summed E-state index contributed by atoms with van der Waals surface area (Å²) < 4.78 is 9.43. The number of nitrogens with zero attached hydrogens (tertiary/aromatic N) is 4. The van der Waals surface area contributed by atoms with Crippen LogP contribution in [-0.4, -0.2) is 125 Å². The molecular weight excluding hydrogens is 1140 g/mol. The number of benzene rings is 3. The summed E-state index contributed by atoms with van der Waals surface area (Å²) in [7, 11) is 0. The van der Waals surface area contributed by atoms with Crippen molar-refractivity contribution < 1.29 is 48.2 Å². The number of ether oxygens (including phenoxy) is 1. The molecule has 2 aliphatic rings. The number of amides is 2.